The predicted molar refractivity (Wildman–Crippen MR) is 108 cm³/mol. The third-order valence-corrected chi connectivity index (χ3v) is 4.77. The van der Waals surface area contributed by atoms with Gasteiger partial charge in [-0.15, -0.1) is 0 Å². The smallest absolute Gasteiger partial charge is 0.220 e. The van der Waals surface area contributed by atoms with Crippen molar-refractivity contribution in [3.8, 4) is 11.5 Å². The van der Waals surface area contributed by atoms with Crippen molar-refractivity contribution in [1.82, 2.24) is 5.32 Å². The summed E-state index contributed by atoms with van der Waals surface area (Å²) in [7, 11) is 0. The van der Waals surface area contributed by atoms with E-state index < -0.39 is 0 Å². The van der Waals surface area contributed by atoms with Crippen molar-refractivity contribution in [2.45, 2.75) is 32.6 Å². The summed E-state index contributed by atoms with van der Waals surface area (Å²) in [6.45, 7) is 3.86. The number of para-hydroxylation sites is 1. The fourth-order valence-electron chi connectivity index (χ4n) is 3.20. The molecule has 5 heteroatoms. The van der Waals surface area contributed by atoms with Crippen LogP contribution in [0.15, 0.2) is 48.5 Å². The van der Waals surface area contributed by atoms with Crippen LogP contribution in [0.5, 0.6) is 11.5 Å². The van der Waals surface area contributed by atoms with Gasteiger partial charge in [-0.05, 0) is 48.7 Å². The topological polar surface area (TPSA) is 64.6 Å². The third-order valence-electron chi connectivity index (χ3n) is 4.77. The summed E-state index contributed by atoms with van der Waals surface area (Å²) >= 11 is 0. The highest BCUT2D eigenvalue weighted by Crippen LogP contribution is 2.26. The van der Waals surface area contributed by atoms with Crippen molar-refractivity contribution in [1.29, 1.82) is 0 Å². The minimum Gasteiger partial charge on any atom is -0.494 e. The van der Waals surface area contributed by atoms with E-state index in [-0.39, 0.29) is 30.4 Å². The molecule has 28 heavy (non-hydrogen) atoms. The Hall–Kier alpha value is -2.82. The lowest BCUT2D eigenvalue weighted by Crippen LogP contribution is -2.34. The second kappa shape index (κ2) is 9.93. The molecular weight excluding hydrogens is 354 g/mol. The first-order valence-electron chi connectivity index (χ1n) is 9.89. The van der Waals surface area contributed by atoms with Gasteiger partial charge in [-0.1, -0.05) is 25.1 Å². The molecule has 1 N–H and O–H groups in total. The lowest BCUT2D eigenvalue weighted by atomic mass is 9.96. The summed E-state index contributed by atoms with van der Waals surface area (Å²) in [5.74, 6) is 1.81. The summed E-state index contributed by atoms with van der Waals surface area (Å²) in [5.41, 5.74) is 1.78. The van der Waals surface area contributed by atoms with Crippen LogP contribution >= 0.6 is 0 Å². The second-order valence-corrected chi connectivity index (χ2v) is 7.09. The molecule has 0 spiro atoms. The van der Waals surface area contributed by atoms with Gasteiger partial charge in [0.05, 0.1) is 13.2 Å². The minimum absolute atomic E-state index is 0.0351. The van der Waals surface area contributed by atoms with Crippen molar-refractivity contribution in [2.75, 3.05) is 19.8 Å². The molecule has 1 aliphatic rings. The molecule has 3 rings (SSSR count). The van der Waals surface area contributed by atoms with Gasteiger partial charge in [0.15, 0.2) is 5.78 Å². The molecule has 0 radical (unpaired) electrons. The number of benzene rings is 2. The maximum absolute atomic E-state index is 12.3. The minimum atomic E-state index is -0.102. The van der Waals surface area contributed by atoms with E-state index in [1.807, 2.05) is 25.1 Å². The number of amides is 1. The standard InChI is InChI=1S/C23H27NO4/c1-2-13-27-20-9-7-18(8-10-20)21(25)11-12-23(26)24-15-17-14-19-5-3-4-6-22(19)28-16-17/h3-10,17H,2,11-16H2,1H3,(H,24,26). The number of ether oxygens (including phenoxy) is 2. The van der Waals surface area contributed by atoms with E-state index in [9.17, 15) is 9.59 Å². The number of rotatable bonds is 9. The molecule has 1 heterocycles. The van der Waals surface area contributed by atoms with Crippen LogP contribution in [0.2, 0.25) is 0 Å². The third kappa shape index (κ3) is 5.59. The highest BCUT2D eigenvalue weighted by molar-refractivity contribution is 5.98. The molecule has 1 aliphatic heterocycles. The Morgan fingerprint density at radius 3 is 2.68 bits per heavy atom. The zero-order valence-electron chi connectivity index (χ0n) is 16.3. The van der Waals surface area contributed by atoms with E-state index in [0.717, 1.165) is 24.3 Å². The van der Waals surface area contributed by atoms with E-state index >= 15 is 0 Å². The first kappa shape index (κ1) is 19.9. The van der Waals surface area contributed by atoms with Gasteiger partial charge < -0.3 is 14.8 Å². The molecule has 1 unspecified atom stereocenters. The van der Waals surface area contributed by atoms with E-state index in [1.54, 1.807) is 24.3 Å². The molecule has 1 amide bonds. The van der Waals surface area contributed by atoms with Gasteiger partial charge in [0, 0.05) is 30.9 Å². The van der Waals surface area contributed by atoms with Crippen molar-refractivity contribution in [2.24, 2.45) is 5.92 Å². The van der Waals surface area contributed by atoms with Crippen LogP contribution in [0.3, 0.4) is 0 Å². The maximum Gasteiger partial charge on any atom is 0.220 e. The molecule has 0 aliphatic carbocycles. The fraction of sp³-hybridized carbons (Fsp3) is 0.391. The van der Waals surface area contributed by atoms with Crippen LogP contribution in [0.4, 0.5) is 0 Å². The van der Waals surface area contributed by atoms with Crippen LogP contribution < -0.4 is 14.8 Å². The van der Waals surface area contributed by atoms with E-state index in [2.05, 4.69) is 11.4 Å². The Labute approximate surface area is 166 Å². The number of carbonyl (C=O) groups excluding carboxylic acids is 2. The number of hydrogen-bond acceptors (Lipinski definition) is 4. The molecule has 0 bridgehead atoms. The van der Waals surface area contributed by atoms with Crippen molar-refractivity contribution < 1.29 is 19.1 Å². The molecule has 148 valence electrons. The van der Waals surface area contributed by atoms with E-state index in [4.69, 9.17) is 9.47 Å². The second-order valence-electron chi connectivity index (χ2n) is 7.09. The van der Waals surface area contributed by atoms with Crippen molar-refractivity contribution in [3.63, 3.8) is 0 Å². The van der Waals surface area contributed by atoms with Crippen LogP contribution in [0, 0.1) is 5.92 Å². The zero-order chi connectivity index (χ0) is 19.8. The summed E-state index contributed by atoms with van der Waals surface area (Å²) in [4.78, 5) is 24.4. The van der Waals surface area contributed by atoms with Gasteiger partial charge >= 0.3 is 0 Å². The number of carbonyl (C=O) groups is 2. The highest BCUT2D eigenvalue weighted by Gasteiger charge is 2.20. The highest BCUT2D eigenvalue weighted by atomic mass is 16.5. The number of Topliss-reactive ketones (excluding diaryl/α,β-unsaturated/α-hetero) is 1. The molecule has 0 fully saturated rings. The van der Waals surface area contributed by atoms with Gasteiger partial charge in [-0.2, -0.15) is 0 Å². The Morgan fingerprint density at radius 2 is 1.89 bits per heavy atom. The Bertz CT molecular complexity index is 801. The van der Waals surface area contributed by atoms with Crippen LogP contribution in [-0.2, 0) is 11.2 Å². The average molecular weight is 381 g/mol. The molecular formula is C23H27NO4. The van der Waals surface area contributed by atoms with Crippen LogP contribution in [0.1, 0.15) is 42.1 Å². The van der Waals surface area contributed by atoms with Crippen molar-refractivity contribution >= 4 is 11.7 Å². The number of fused-ring (bicyclic) bond motifs is 1. The SMILES string of the molecule is CCCOc1ccc(C(=O)CCC(=O)NCC2COc3ccccc3C2)cc1. The van der Waals surface area contributed by atoms with Gasteiger partial charge in [0.1, 0.15) is 11.5 Å². The largest absolute Gasteiger partial charge is 0.494 e. The maximum atomic E-state index is 12.3. The zero-order valence-corrected chi connectivity index (χ0v) is 16.3. The number of nitrogens with one attached hydrogen (secondary N) is 1. The number of hydrogen-bond donors (Lipinski definition) is 1. The van der Waals surface area contributed by atoms with Gasteiger partial charge in [-0.3, -0.25) is 9.59 Å². The Kier molecular flexibility index (Phi) is 7.06. The first-order valence-corrected chi connectivity index (χ1v) is 9.89. The summed E-state index contributed by atoms with van der Waals surface area (Å²) in [6.07, 6.45) is 2.22. The quantitative estimate of drug-likeness (QED) is 0.671. The lowest BCUT2D eigenvalue weighted by Gasteiger charge is -2.25. The van der Waals surface area contributed by atoms with E-state index in [0.29, 0.717) is 25.3 Å². The van der Waals surface area contributed by atoms with Gasteiger partial charge in [0.2, 0.25) is 5.91 Å². The van der Waals surface area contributed by atoms with Gasteiger partial charge in [-0.25, -0.2) is 0 Å². The molecule has 1 atom stereocenters. The first-order chi connectivity index (χ1) is 13.7. The monoisotopic (exact) mass is 381 g/mol. The molecule has 2 aromatic carbocycles. The van der Waals surface area contributed by atoms with Crippen molar-refractivity contribution in [3.05, 3.63) is 59.7 Å². The lowest BCUT2D eigenvalue weighted by molar-refractivity contribution is -0.121. The summed E-state index contributed by atoms with van der Waals surface area (Å²) in [5, 5.41) is 2.93. The normalized spacial score (nSPS) is 15.2. The molecule has 0 aromatic heterocycles. The predicted octanol–water partition coefficient (Wildman–Crippen LogP) is 3.81. The molecule has 2 aromatic rings. The van der Waals surface area contributed by atoms with Crippen LogP contribution in [0.25, 0.3) is 0 Å². The molecule has 5 nitrogen and oxygen atoms in total. The fourth-order valence-corrected chi connectivity index (χ4v) is 3.20. The Morgan fingerprint density at radius 1 is 1.11 bits per heavy atom. The summed E-state index contributed by atoms with van der Waals surface area (Å²) in [6, 6.07) is 15.1. The summed E-state index contributed by atoms with van der Waals surface area (Å²) < 4.78 is 11.3. The molecule has 0 saturated carbocycles. The molecule has 0 saturated heterocycles. The number of ketones is 1. The van der Waals surface area contributed by atoms with Gasteiger partial charge in [0.25, 0.3) is 0 Å². The average Bonchev–Trinajstić information content (AvgIpc) is 2.74. The van der Waals surface area contributed by atoms with E-state index in [1.165, 1.54) is 5.56 Å². The Balaban J connectivity index is 1.39. The van der Waals surface area contributed by atoms with Crippen LogP contribution in [-0.4, -0.2) is 31.4 Å².